The van der Waals surface area contributed by atoms with Gasteiger partial charge in [0.05, 0.1) is 13.0 Å². The molecule has 0 N–H and O–H groups in total. The highest BCUT2D eigenvalue weighted by molar-refractivity contribution is 5.70. The Morgan fingerprint density at radius 3 is 2.65 bits per heavy atom. The molecule has 1 aromatic heterocycles. The third-order valence-electron chi connectivity index (χ3n) is 3.70. The number of aromatic nitrogens is 1. The molecule has 4 heteroatoms. The first kappa shape index (κ1) is 17.1. The molecule has 0 saturated carbocycles. The number of benzene rings is 1. The van der Waals surface area contributed by atoms with E-state index < -0.39 is 0 Å². The maximum atomic E-state index is 12.9. The molecule has 0 amide bonds. The van der Waals surface area contributed by atoms with Gasteiger partial charge in [0.25, 0.3) is 0 Å². The van der Waals surface area contributed by atoms with Crippen LogP contribution in [-0.4, -0.2) is 17.6 Å². The highest BCUT2D eigenvalue weighted by Crippen LogP contribution is 2.19. The van der Waals surface area contributed by atoms with E-state index in [0.717, 1.165) is 29.8 Å². The first-order valence-electron chi connectivity index (χ1n) is 7.88. The van der Waals surface area contributed by atoms with E-state index in [1.54, 1.807) is 12.1 Å². The molecule has 0 aliphatic carbocycles. The van der Waals surface area contributed by atoms with Crippen molar-refractivity contribution < 1.29 is 13.9 Å². The van der Waals surface area contributed by atoms with Crippen molar-refractivity contribution in [3.63, 3.8) is 0 Å². The van der Waals surface area contributed by atoms with Crippen LogP contribution in [0, 0.1) is 12.7 Å². The topological polar surface area (TPSA) is 39.2 Å². The molecule has 0 spiro atoms. The van der Waals surface area contributed by atoms with Gasteiger partial charge in [-0.1, -0.05) is 25.1 Å². The lowest BCUT2D eigenvalue weighted by atomic mass is 9.98. The lowest BCUT2D eigenvalue weighted by Crippen LogP contribution is -2.10. The molecule has 122 valence electrons. The zero-order valence-electron chi connectivity index (χ0n) is 13.6. The normalized spacial score (nSPS) is 12.0. The van der Waals surface area contributed by atoms with E-state index in [0.29, 0.717) is 13.0 Å². The van der Waals surface area contributed by atoms with Crippen molar-refractivity contribution in [2.75, 3.05) is 6.61 Å². The number of pyridine rings is 1. The lowest BCUT2D eigenvalue weighted by molar-refractivity contribution is -0.144. The molecule has 2 aromatic rings. The molecule has 1 aromatic carbocycles. The molecule has 1 heterocycles. The molecule has 0 aliphatic heterocycles. The Morgan fingerprint density at radius 1 is 1.22 bits per heavy atom. The average Bonchev–Trinajstić information content (AvgIpc) is 2.52. The summed E-state index contributed by atoms with van der Waals surface area (Å²) >= 11 is 0. The number of halogens is 1. The summed E-state index contributed by atoms with van der Waals surface area (Å²) in [6.45, 7) is 4.29. The second kappa shape index (κ2) is 8.42. The van der Waals surface area contributed by atoms with E-state index in [4.69, 9.17) is 4.74 Å². The van der Waals surface area contributed by atoms with E-state index in [1.807, 2.05) is 32.0 Å². The number of esters is 1. The highest BCUT2D eigenvalue weighted by Gasteiger charge is 2.12. The van der Waals surface area contributed by atoms with Crippen molar-refractivity contribution in [3.8, 4) is 0 Å². The minimum atomic E-state index is -0.270. The summed E-state index contributed by atoms with van der Waals surface area (Å²) < 4.78 is 18.2. The van der Waals surface area contributed by atoms with Gasteiger partial charge in [-0.05, 0) is 55.5 Å². The third kappa shape index (κ3) is 5.81. The summed E-state index contributed by atoms with van der Waals surface area (Å²) in [6, 6.07) is 12.1. The Balaban J connectivity index is 1.69. The number of nitrogens with zero attached hydrogens (tertiary/aromatic N) is 1. The summed E-state index contributed by atoms with van der Waals surface area (Å²) in [5.74, 6) is -0.478. The fourth-order valence-electron chi connectivity index (χ4n) is 2.40. The minimum Gasteiger partial charge on any atom is -0.466 e. The Labute approximate surface area is 136 Å². The van der Waals surface area contributed by atoms with E-state index in [9.17, 15) is 9.18 Å². The first-order valence-corrected chi connectivity index (χ1v) is 7.88. The zero-order valence-corrected chi connectivity index (χ0v) is 13.6. The van der Waals surface area contributed by atoms with Crippen LogP contribution in [-0.2, 0) is 16.0 Å². The number of aryl methyl sites for hydroxylation is 2. The van der Waals surface area contributed by atoms with Crippen LogP contribution < -0.4 is 0 Å². The number of carbonyl (C=O) groups is 1. The van der Waals surface area contributed by atoms with Crippen molar-refractivity contribution in [2.45, 2.75) is 39.0 Å². The molecule has 0 bridgehead atoms. The van der Waals surface area contributed by atoms with Crippen molar-refractivity contribution >= 4 is 5.97 Å². The molecule has 0 fully saturated rings. The fourth-order valence-corrected chi connectivity index (χ4v) is 2.40. The number of rotatable bonds is 7. The molecule has 23 heavy (non-hydrogen) atoms. The zero-order chi connectivity index (χ0) is 16.7. The van der Waals surface area contributed by atoms with Gasteiger partial charge < -0.3 is 4.74 Å². The summed E-state index contributed by atoms with van der Waals surface area (Å²) in [7, 11) is 0. The van der Waals surface area contributed by atoms with Gasteiger partial charge in [0.15, 0.2) is 0 Å². The van der Waals surface area contributed by atoms with Crippen LogP contribution in [0.15, 0.2) is 42.5 Å². The van der Waals surface area contributed by atoms with Crippen LogP contribution in [0.4, 0.5) is 4.39 Å². The van der Waals surface area contributed by atoms with Crippen molar-refractivity contribution in [1.82, 2.24) is 4.98 Å². The number of carbonyl (C=O) groups excluding carboxylic acids is 1. The molecular weight excluding hydrogens is 293 g/mol. The monoisotopic (exact) mass is 315 g/mol. The molecule has 0 radical (unpaired) electrons. The van der Waals surface area contributed by atoms with E-state index in [1.165, 1.54) is 12.1 Å². The van der Waals surface area contributed by atoms with Gasteiger partial charge in [0.2, 0.25) is 0 Å². The van der Waals surface area contributed by atoms with Crippen molar-refractivity contribution in [2.24, 2.45) is 0 Å². The Bertz CT molecular complexity index is 640. The summed E-state index contributed by atoms with van der Waals surface area (Å²) in [5, 5.41) is 0. The summed E-state index contributed by atoms with van der Waals surface area (Å²) in [4.78, 5) is 16.3. The molecular formula is C19H22FNO2. The largest absolute Gasteiger partial charge is 0.466 e. The van der Waals surface area contributed by atoms with Gasteiger partial charge in [-0.2, -0.15) is 0 Å². The molecule has 1 atom stereocenters. The van der Waals surface area contributed by atoms with Gasteiger partial charge >= 0.3 is 5.97 Å². The number of ether oxygens (including phenoxy) is 1. The SMILES string of the molecule is Cc1cccc(CCCOC(=O)CC(C)c2ccc(F)cc2)n1. The van der Waals surface area contributed by atoms with Crippen LogP contribution in [0.2, 0.25) is 0 Å². The van der Waals surface area contributed by atoms with Crippen LogP contribution in [0.3, 0.4) is 0 Å². The Kier molecular flexibility index (Phi) is 6.27. The van der Waals surface area contributed by atoms with Crippen LogP contribution >= 0.6 is 0 Å². The fraction of sp³-hybridized carbons (Fsp3) is 0.368. The second-order valence-corrected chi connectivity index (χ2v) is 5.75. The molecule has 3 nitrogen and oxygen atoms in total. The van der Waals surface area contributed by atoms with Gasteiger partial charge in [-0.25, -0.2) is 4.39 Å². The van der Waals surface area contributed by atoms with E-state index >= 15 is 0 Å². The predicted molar refractivity (Wildman–Crippen MR) is 87.7 cm³/mol. The second-order valence-electron chi connectivity index (χ2n) is 5.75. The Hall–Kier alpha value is -2.23. The summed E-state index contributed by atoms with van der Waals surface area (Å²) in [5.41, 5.74) is 2.95. The highest BCUT2D eigenvalue weighted by atomic mass is 19.1. The standard InChI is InChI=1S/C19H22FNO2/c1-14(16-8-10-17(20)11-9-16)13-19(22)23-12-4-7-18-6-3-5-15(2)21-18/h3,5-6,8-11,14H,4,7,12-13H2,1-2H3. The third-order valence-corrected chi connectivity index (χ3v) is 3.70. The van der Waals surface area contributed by atoms with Gasteiger partial charge in [-0.15, -0.1) is 0 Å². The maximum absolute atomic E-state index is 12.9. The molecule has 0 aliphatic rings. The minimum absolute atomic E-state index is 0.0153. The van der Waals surface area contributed by atoms with Crippen molar-refractivity contribution in [1.29, 1.82) is 0 Å². The average molecular weight is 315 g/mol. The molecule has 1 unspecified atom stereocenters. The first-order chi connectivity index (χ1) is 11.0. The predicted octanol–water partition coefficient (Wildman–Crippen LogP) is 4.20. The van der Waals surface area contributed by atoms with Gasteiger partial charge in [-0.3, -0.25) is 9.78 Å². The van der Waals surface area contributed by atoms with Gasteiger partial charge in [0, 0.05) is 11.4 Å². The van der Waals surface area contributed by atoms with Crippen LogP contribution in [0.25, 0.3) is 0 Å². The van der Waals surface area contributed by atoms with E-state index in [-0.39, 0.29) is 17.7 Å². The summed E-state index contributed by atoms with van der Waals surface area (Å²) in [6.07, 6.45) is 1.85. The van der Waals surface area contributed by atoms with Crippen LogP contribution in [0.1, 0.15) is 42.6 Å². The quantitative estimate of drug-likeness (QED) is 0.568. The van der Waals surface area contributed by atoms with E-state index in [2.05, 4.69) is 4.98 Å². The lowest BCUT2D eigenvalue weighted by Gasteiger charge is -2.11. The smallest absolute Gasteiger partial charge is 0.306 e. The van der Waals surface area contributed by atoms with Gasteiger partial charge in [0.1, 0.15) is 5.82 Å². The number of hydrogen-bond donors (Lipinski definition) is 0. The Morgan fingerprint density at radius 2 is 1.96 bits per heavy atom. The van der Waals surface area contributed by atoms with Crippen molar-refractivity contribution in [3.05, 3.63) is 65.2 Å². The van der Waals surface area contributed by atoms with Crippen LogP contribution in [0.5, 0.6) is 0 Å². The number of hydrogen-bond acceptors (Lipinski definition) is 3. The molecule has 0 saturated heterocycles. The molecule has 2 rings (SSSR count). The maximum Gasteiger partial charge on any atom is 0.306 e.